The molecule has 0 atom stereocenters. The molecule has 0 aliphatic heterocycles. The monoisotopic (exact) mass is 503 g/mol. The SMILES string of the molecule is CS(=O)(=O)NCCCc1ccc(Nc2cc(NCc3cc(F)cc(F)c3)c(CC(N)=O)cn2)cc1. The summed E-state index contributed by atoms with van der Waals surface area (Å²) in [6, 6.07) is 12.6. The van der Waals surface area contributed by atoms with Gasteiger partial charge in [-0.25, -0.2) is 26.9 Å². The van der Waals surface area contributed by atoms with Crippen molar-refractivity contribution in [3.63, 3.8) is 0 Å². The Labute approximate surface area is 203 Å². The zero-order valence-electron chi connectivity index (χ0n) is 19.1. The van der Waals surface area contributed by atoms with E-state index in [1.54, 1.807) is 6.07 Å². The summed E-state index contributed by atoms with van der Waals surface area (Å²) in [7, 11) is -3.19. The molecule has 0 radical (unpaired) electrons. The first-order valence-electron chi connectivity index (χ1n) is 10.8. The van der Waals surface area contributed by atoms with Gasteiger partial charge in [0, 0.05) is 48.4 Å². The van der Waals surface area contributed by atoms with Gasteiger partial charge in [0.05, 0.1) is 12.7 Å². The number of benzene rings is 2. The van der Waals surface area contributed by atoms with E-state index in [1.165, 1.54) is 18.3 Å². The number of pyridine rings is 1. The lowest BCUT2D eigenvalue weighted by molar-refractivity contribution is -0.117. The standard InChI is InChI=1S/C24H27F2N5O3S/c1-35(33,34)30-8-2-3-16-4-6-21(7-5-16)31-24-13-22(18(15-29-24)11-23(27)32)28-14-17-9-19(25)12-20(26)10-17/h4-7,9-10,12-13,15,30H,2-3,8,11,14H2,1H3,(H2,27,32)(H2,28,29,31). The summed E-state index contributed by atoms with van der Waals surface area (Å²) in [5.74, 6) is -1.39. The Morgan fingerprint density at radius 2 is 1.71 bits per heavy atom. The minimum Gasteiger partial charge on any atom is -0.381 e. The summed E-state index contributed by atoms with van der Waals surface area (Å²) in [6.07, 6.45) is 4.00. The molecule has 0 bridgehead atoms. The van der Waals surface area contributed by atoms with Crippen molar-refractivity contribution in [2.45, 2.75) is 25.8 Å². The number of rotatable bonds is 12. The number of nitrogens with one attached hydrogen (secondary N) is 3. The number of sulfonamides is 1. The smallest absolute Gasteiger partial charge is 0.221 e. The lowest BCUT2D eigenvalue weighted by Gasteiger charge is -2.14. The van der Waals surface area contributed by atoms with E-state index >= 15 is 0 Å². The molecule has 0 unspecified atom stereocenters. The molecule has 1 amide bonds. The molecule has 0 saturated carbocycles. The first kappa shape index (κ1) is 26.0. The Bertz CT molecular complexity index is 1260. The van der Waals surface area contributed by atoms with Gasteiger partial charge in [0.15, 0.2) is 0 Å². The highest BCUT2D eigenvalue weighted by molar-refractivity contribution is 7.88. The highest BCUT2D eigenvalue weighted by Gasteiger charge is 2.10. The van der Waals surface area contributed by atoms with Gasteiger partial charge in [-0.05, 0) is 48.2 Å². The normalized spacial score (nSPS) is 11.3. The third-order valence-corrected chi connectivity index (χ3v) is 5.72. The van der Waals surface area contributed by atoms with Gasteiger partial charge in [0.25, 0.3) is 0 Å². The molecule has 0 aliphatic rings. The van der Waals surface area contributed by atoms with Crippen molar-refractivity contribution in [3.8, 4) is 0 Å². The van der Waals surface area contributed by atoms with Crippen LogP contribution in [-0.2, 0) is 34.2 Å². The topological polar surface area (TPSA) is 126 Å². The zero-order chi connectivity index (χ0) is 25.4. The number of aryl methyl sites for hydroxylation is 1. The predicted octanol–water partition coefficient (Wildman–Crippen LogP) is 3.23. The second kappa shape index (κ2) is 11.7. The third kappa shape index (κ3) is 8.95. The van der Waals surface area contributed by atoms with E-state index in [0.29, 0.717) is 35.6 Å². The number of halogens is 2. The van der Waals surface area contributed by atoms with Gasteiger partial charge in [-0.15, -0.1) is 0 Å². The Balaban J connectivity index is 1.67. The summed E-state index contributed by atoms with van der Waals surface area (Å²) in [5, 5.41) is 6.27. The fourth-order valence-electron chi connectivity index (χ4n) is 3.41. The van der Waals surface area contributed by atoms with Crippen molar-refractivity contribution in [1.29, 1.82) is 0 Å². The van der Waals surface area contributed by atoms with Crippen LogP contribution in [0.1, 0.15) is 23.1 Å². The van der Waals surface area contributed by atoms with Gasteiger partial charge in [0.2, 0.25) is 15.9 Å². The largest absolute Gasteiger partial charge is 0.381 e. The predicted molar refractivity (Wildman–Crippen MR) is 132 cm³/mol. The maximum Gasteiger partial charge on any atom is 0.221 e. The number of hydrogen-bond acceptors (Lipinski definition) is 6. The maximum atomic E-state index is 13.5. The summed E-state index contributed by atoms with van der Waals surface area (Å²) < 4.78 is 51.7. The van der Waals surface area contributed by atoms with Crippen molar-refractivity contribution in [2.24, 2.45) is 5.73 Å². The van der Waals surface area contributed by atoms with Gasteiger partial charge in [-0.3, -0.25) is 4.79 Å². The Kier molecular flexibility index (Phi) is 8.72. The van der Waals surface area contributed by atoms with Gasteiger partial charge in [-0.2, -0.15) is 0 Å². The van der Waals surface area contributed by atoms with Crippen LogP contribution >= 0.6 is 0 Å². The van der Waals surface area contributed by atoms with Crippen molar-refractivity contribution in [1.82, 2.24) is 9.71 Å². The fourth-order valence-corrected chi connectivity index (χ4v) is 3.92. The molecule has 0 saturated heterocycles. The summed E-state index contributed by atoms with van der Waals surface area (Å²) in [4.78, 5) is 15.8. The molecule has 0 fully saturated rings. The summed E-state index contributed by atoms with van der Waals surface area (Å²) in [5.41, 5.74) is 8.68. The van der Waals surface area contributed by atoms with Crippen LogP contribution in [0.25, 0.3) is 0 Å². The number of hydrogen-bond donors (Lipinski definition) is 4. The molecule has 1 aromatic heterocycles. The van der Waals surface area contributed by atoms with Crippen LogP contribution in [0.5, 0.6) is 0 Å². The molecular formula is C24H27F2N5O3S. The average Bonchev–Trinajstić information content (AvgIpc) is 2.76. The molecule has 3 rings (SSSR count). The minimum atomic E-state index is -3.19. The number of anilines is 3. The van der Waals surface area contributed by atoms with E-state index in [9.17, 15) is 22.0 Å². The quantitative estimate of drug-likeness (QED) is 0.281. The number of nitrogens with two attached hydrogens (primary N) is 1. The molecule has 0 spiro atoms. The van der Waals surface area contributed by atoms with E-state index in [0.717, 1.165) is 30.0 Å². The van der Waals surface area contributed by atoms with Crippen LogP contribution in [-0.4, -0.2) is 32.1 Å². The molecular weight excluding hydrogens is 476 g/mol. The molecule has 8 nitrogen and oxygen atoms in total. The van der Waals surface area contributed by atoms with Gasteiger partial charge in [-0.1, -0.05) is 12.1 Å². The Hall–Kier alpha value is -3.57. The summed E-state index contributed by atoms with van der Waals surface area (Å²) >= 11 is 0. The van der Waals surface area contributed by atoms with Crippen LogP contribution in [0.2, 0.25) is 0 Å². The van der Waals surface area contributed by atoms with E-state index in [2.05, 4.69) is 20.3 Å². The molecule has 1 heterocycles. The fraction of sp³-hybridized carbons (Fsp3) is 0.250. The van der Waals surface area contributed by atoms with E-state index in [4.69, 9.17) is 5.73 Å². The van der Waals surface area contributed by atoms with Crippen LogP contribution in [0.3, 0.4) is 0 Å². The van der Waals surface area contributed by atoms with Gasteiger partial charge >= 0.3 is 0 Å². The first-order chi connectivity index (χ1) is 16.6. The van der Waals surface area contributed by atoms with Crippen molar-refractivity contribution in [3.05, 3.63) is 83.1 Å². The van der Waals surface area contributed by atoms with Gasteiger partial charge in [0.1, 0.15) is 17.5 Å². The molecule has 186 valence electrons. The molecule has 0 aliphatic carbocycles. The number of primary amides is 1. The maximum absolute atomic E-state index is 13.5. The molecule has 35 heavy (non-hydrogen) atoms. The van der Waals surface area contributed by atoms with Gasteiger partial charge < -0.3 is 16.4 Å². The zero-order valence-corrected chi connectivity index (χ0v) is 20.0. The summed E-state index contributed by atoms with van der Waals surface area (Å²) in [6.45, 7) is 0.505. The second-order valence-corrected chi connectivity index (χ2v) is 9.93. The van der Waals surface area contributed by atoms with Crippen LogP contribution in [0, 0.1) is 11.6 Å². The van der Waals surface area contributed by atoms with Crippen LogP contribution in [0.4, 0.5) is 26.0 Å². The minimum absolute atomic E-state index is 0.0456. The van der Waals surface area contributed by atoms with Crippen LogP contribution < -0.4 is 21.1 Å². The number of aromatic nitrogens is 1. The lowest BCUT2D eigenvalue weighted by atomic mass is 10.1. The van der Waals surface area contributed by atoms with E-state index < -0.39 is 27.6 Å². The van der Waals surface area contributed by atoms with Crippen molar-refractivity contribution >= 4 is 33.1 Å². The van der Waals surface area contributed by atoms with E-state index in [1.807, 2.05) is 24.3 Å². The second-order valence-electron chi connectivity index (χ2n) is 8.09. The first-order valence-corrected chi connectivity index (χ1v) is 12.7. The van der Waals surface area contributed by atoms with Crippen molar-refractivity contribution in [2.75, 3.05) is 23.4 Å². The molecule has 5 N–H and O–H groups in total. The third-order valence-electron chi connectivity index (χ3n) is 4.99. The Morgan fingerprint density at radius 1 is 1.03 bits per heavy atom. The molecule has 3 aromatic rings. The van der Waals surface area contributed by atoms with E-state index in [-0.39, 0.29) is 13.0 Å². The number of carbonyl (C=O) groups is 1. The Morgan fingerprint density at radius 3 is 2.34 bits per heavy atom. The average molecular weight is 504 g/mol. The molecule has 11 heteroatoms. The number of amides is 1. The number of carbonyl (C=O) groups excluding carboxylic acids is 1. The van der Waals surface area contributed by atoms with Crippen molar-refractivity contribution < 1.29 is 22.0 Å². The highest BCUT2D eigenvalue weighted by Crippen LogP contribution is 2.23. The number of nitrogens with zero attached hydrogens (tertiary/aromatic N) is 1. The highest BCUT2D eigenvalue weighted by atomic mass is 32.2. The lowest BCUT2D eigenvalue weighted by Crippen LogP contribution is -2.23. The molecule has 2 aromatic carbocycles. The van der Waals surface area contributed by atoms with Crippen LogP contribution in [0.15, 0.2) is 54.7 Å².